The second kappa shape index (κ2) is 39.4. The molecular formula is C43H76NO8P. The lowest BCUT2D eigenvalue weighted by Crippen LogP contribution is -2.29. The molecule has 0 heterocycles. The van der Waals surface area contributed by atoms with Crippen molar-refractivity contribution in [2.45, 2.75) is 174 Å². The van der Waals surface area contributed by atoms with Crippen LogP contribution in [0.3, 0.4) is 0 Å². The molecule has 0 spiro atoms. The molecule has 1 unspecified atom stereocenters. The highest BCUT2D eigenvalue weighted by Crippen LogP contribution is 2.43. The molecule has 0 aliphatic carbocycles. The lowest BCUT2D eigenvalue weighted by atomic mass is 10.1. The second-order valence-electron chi connectivity index (χ2n) is 13.5. The maximum atomic E-state index is 12.6. The number of allylic oxidation sites excluding steroid dienone is 10. The summed E-state index contributed by atoms with van der Waals surface area (Å²) in [5.41, 5.74) is 5.34. The van der Waals surface area contributed by atoms with Crippen molar-refractivity contribution in [1.82, 2.24) is 0 Å². The van der Waals surface area contributed by atoms with Gasteiger partial charge in [-0.1, -0.05) is 132 Å². The number of phosphoric ester groups is 1. The number of ether oxygens (including phenoxy) is 2. The molecule has 0 rings (SSSR count). The van der Waals surface area contributed by atoms with E-state index in [0.29, 0.717) is 12.8 Å². The van der Waals surface area contributed by atoms with E-state index in [1.54, 1.807) is 0 Å². The fraction of sp³-hybridized carbons (Fsp3) is 0.721. The summed E-state index contributed by atoms with van der Waals surface area (Å²) in [6.07, 6.45) is 45.3. The van der Waals surface area contributed by atoms with Gasteiger partial charge < -0.3 is 20.1 Å². The van der Waals surface area contributed by atoms with Crippen LogP contribution in [0.5, 0.6) is 0 Å². The normalized spacial score (nSPS) is 14.0. The number of hydrogen-bond donors (Lipinski definition) is 2. The van der Waals surface area contributed by atoms with Crippen LogP contribution in [0.4, 0.5) is 0 Å². The fourth-order valence-electron chi connectivity index (χ4n) is 5.26. The molecule has 10 heteroatoms. The molecule has 2 atom stereocenters. The molecule has 306 valence electrons. The van der Waals surface area contributed by atoms with Gasteiger partial charge in [-0.3, -0.25) is 18.6 Å². The number of carbonyl (C=O) groups excluding carboxylic acids is 2. The summed E-state index contributed by atoms with van der Waals surface area (Å²) in [5.74, 6) is -0.887. The highest BCUT2D eigenvalue weighted by molar-refractivity contribution is 7.47. The van der Waals surface area contributed by atoms with Crippen molar-refractivity contribution < 1.29 is 37.6 Å². The van der Waals surface area contributed by atoms with Crippen LogP contribution in [0.15, 0.2) is 60.8 Å². The van der Waals surface area contributed by atoms with Gasteiger partial charge in [0.25, 0.3) is 0 Å². The van der Waals surface area contributed by atoms with Gasteiger partial charge in [-0.15, -0.1) is 0 Å². The predicted octanol–water partition coefficient (Wildman–Crippen LogP) is 11.7. The minimum atomic E-state index is -4.39. The van der Waals surface area contributed by atoms with E-state index >= 15 is 0 Å². The second-order valence-corrected chi connectivity index (χ2v) is 14.9. The summed E-state index contributed by atoms with van der Waals surface area (Å²) in [4.78, 5) is 34.8. The lowest BCUT2D eigenvalue weighted by Gasteiger charge is -2.19. The van der Waals surface area contributed by atoms with E-state index < -0.39 is 32.5 Å². The maximum Gasteiger partial charge on any atom is 0.472 e. The molecular weight excluding hydrogens is 689 g/mol. The van der Waals surface area contributed by atoms with Crippen molar-refractivity contribution in [1.29, 1.82) is 0 Å². The topological polar surface area (TPSA) is 134 Å². The monoisotopic (exact) mass is 766 g/mol. The quantitative estimate of drug-likeness (QED) is 0.0272. The first kappa shape index (κ1) is 50.7. The summed E-state index contributed by atoms with van der Waals surface area (Å²) in [6.45, 7) is 3.61. The van der Waals surface area contributed by atoms with E-state index in [2.05, 4.69) is 74.6 Å². The van der Waals surface area contributed by atoms with Crippen LogP contribution in [0.1, 0.15) is 168 Å². The van der Waals surface area contributed by atoms with Gasteiger partial charge in [0.1, 0.15) is 6.61 Å². The average Bonchev–Trinajstić information content (AvgIpc) is 3.14. The molecule has 0 aliphatic heterocycles. The van der Waals surface area contributed by atoms with Gasteiger partial charge in [-0.05, 0) is 83.5 Å². The Morgan fingerprint density at radius 2 is 0.981 bits per heavy atom. The molecule has 0 aromatic carbocycles. The minimum absolute atomic E-state index is 0.0443. The summed E-state index contributed by atoms with van der Waals surface area (Å²) in [5, 5.41) is 0. The molecule has 0 fully saturated rings. The first-order valence-electron chi connectivity index (χ1n) is 20.8. The van der Waals surface area contributed by atoms with Gasteiger partial charge >= 0.3 is 19.8 Å². The largest absolute Gasteiger partial charge is 0.472 e. The first-order valence-corrected chi connectivity index (χ1v) is 22.3. The van der Waals surface area contributed by atoms with Crippen LogP contribution in [-0.4, -0.2) is 49.3 Å². The van der Waals surface area contributed by atoms with Crippen molar-refractivity contribution in [2.75, 3.05) is 26.4 Å². The molecule has 0 aliphatic rings. The molecule has 53 heavy (non-hydrogen) atoms. The van der Waals surface area contributed by atoms with Gasteiger partial charge in [-0.2, -0.15) is 0 Å². The van der Waals surface area contributed by atoms with Crippen LogP contribution in [0.25, 0.3) is 0 Å². The number of carbonyl (C=O) groups is 2. The first-order chi connectivity index (χ1) is 25.8. The highest BCUT2D eigenvalue weighted by atomic mass is 31.2. The van der Waals surface area contributed by atoms with Crippen molar-refractivity contribution >= 4 is 19.8 Å². The predicted molar refractivity (Wildman–Crippen MR) is 219 cm³/mol. The zero-order chi connectivity index (χ0) is 38.9. The molecule has 0 amide bonds. The summed E-state index contributed by atoms with van der Waals surface area (Å²) >= 11 is 0. The minimum Gasteiger partial charge on any atom is -0.462 e. The zero-order valence-electron chi connectivity index (χ0n) is 33.5. The molecule has 0 bridgehead atoms. The third kappa shape index (κ3) is 39.2. The van der Waals surface area contributed by atoms with E-state index in [0.717, 1.165) is 64.2 Å². The van der Waals surface area contributed by atoms with E-state index in [-0.39, 0.29) is 32.6 Å². The molecule has 3 N–H and O–H groups in total. The van der Waals surface area contributed by atoms with E-state index in [1.807, 2.05) is 0 Å². The van der Waals surface area contributed by atoms with Crippen LogP contribution in [0.2, 0.25) is 0 Å². The Hall–Kier alpha value is -2.29. The zero-order valence-corrected chi connectivity index (χ0v) is 34.4. The Kier molecular flexibility index (Phi) is 37.7. The summed E-state index contributed by atoms with van der Waals surface area (Å²) < 4.78 is 32.7. The van der Waals surface area contributed by atoms with Crippen LogP contribution in [-0.2, 0) is 32.7 Å². The third-order valence-corrected chi connectivity index (χ3v) is 9.36. The van der Waals surface area contributed by atoms with Gasteiger partial charge in [-0.25, -0.2) is 4.57 Å². The number of nitrogens with two attached hydrogens (primary N) is 1. The Labute approximate surface area is 323 Å². The number of hydrogen-bond acceptors (Lipinski definition) is 8. The van der Waals surface area contributed by atoms with Gasteiger partial charge in [0.15, 0.2) is 6.10 Å². The van der Waals surface area contributed by atoms with E-state index in [4.69, 9.17) is 24.3 Å². The van der Waals surface area contributed by atoms with Crippen LogP contribution in [0, 0.1) is 0 Å². The fourth-order valence-corrected chi connectivity index (χ4v) is 6.02. The lowest BCUT2D eigenvalue weighted by molar-refractivity contribution is -0.161. The molecule has 0 aromatic heterocycles. The van der Waals surface area contributed by atoms with Crippen molar-refractivity contribution in [3.8, 4) is 0 Å². The summed E-state index contributed by atoms with van der Waals surface area (Å²) in [6, 6.07) is 0. The maximum absolute atomic E-state index is 12.6. The molecule has 0 radical (unpaired) electrons. The average molecular weight is 766 g/mol. The van der Waals surface area contributed by atoms with Gasteiger partial charge in [0.2, 0.25) is 0 Å². The molecule has 0 saturated heterocycles. The van der Waals surface area contributed by atoms with Crippen molar-refractivity contribution in [3.63, 3.8) is 0 Å². The number of phosphoric acid groups is 1. The highest BCUT2D eigenvalue weighted by Gasteiger charge is 2.25. The van der Waals surface area contributed by atoms with Crippen molar-refractivity contribution in [2.24, 2.45) is 5.73 Å². The standard InChI is InChI=1S/C43H76NO8P/c1-3-5-7-9-11-13-15-17-19-20-22-24-26-28-30-32-34-36-43(46)52-41(40-51-53(47,48)50-38-37-44)39-49-42(45)35-33-31-29-27-25-23-21-18-16-14-12-10-8-6-4-2/h11-14,17-19,21,25,27,41H,3-10,15-16,20,22-24,26,28-40,44H2,1-2H3,(H,47,48)/b13-11+,14-12+,19-17+,21-18+,27-25+/t41-/m1/s1. The SMILES string of the molecule is CCCCC/C=C/C/C=C/C/C=C/CCCCC(=O)OC[C@H](COP(=O)(O)OCCN)OC(=O)CCCCCCCCC/C=C/C/C=C/CCCCC. The number of unbranched alkanes of at least 4 members (excludes halogenated alkanes) is 15. The number of esters is 2. The summed E-state index contributed by atoms with van der Waals surface area (Å²) in [7, 11) is -4.39. The number of rotatable bonds is 38. The Balaban J connectivity index is 4.27. The Bertz CT molecular complexity index is 1050. The molecule has 9 nitrogen and oxygen atoms in total. The van der Waals surface area contributed by atoms with Gasteiger partial charge in [0.05, 0.1) is 13.2 Å². The van der Waals surface area contributed by atoms with Gasteiger partial charge in [0, 0.05) is 19.4 Å². The smallest absolute Gasteiger partial charge is 0.462 e. The molecule has 0 saturated carbocycles. The van der Waals surface area contributed by atoms with Crippen LogP contribution >= 0.6 is 7.82 Å². The molecule has 0 aromatic rings. The van der Waals surface area contributed by atoms with Crippen molar-refractivity contribution in [3.05, 3.63) is 60.8 Å². The van der Waals surface area contributed by atoms with Crippen LogP contribution < -0.4 is 5.73 Å². The van der Waals surface area contributed by atoms with E-state index in [9.17, 15) is 19.0 Å². The third-order valence-electron chi connectivity index (χ3n) is 8.38. The Morgan fingerprint density at radius 1 is 0.566 bits per heavy atom. The van der Waals surface area contributed by atoms with E-state index in [1.165, 1.54) is 64.2 Å². The Morgan fingerprint density at radius 3 is 1.49 bits per heavy atom.